The zero-order valence-corrected chi connectivity index (χ0v) is 12.9. The van der Waals surface area contributed by atoms with Gasteiger partial charge in [-0.3, -0.25) is 4.90 Å². The number of imidazole rings is 1. The van der Waals surface area contributed by atoms with Crippen LogP contribution in [-0.4, -0.2) is 79.4 Å². The molecule has 1 N–H and O–H groups in total. The van der Waals surface area contributed by atoms with Crippen LogP contribution in [0.5, 0.6) is 0 Å². The monoisotopic (exact) mass is 281 g/mol. The normalized spacial score (nSPS) is 21.2. The van der Waals surface area contributed by atoms with Gasteiger partial charge < -0.3 is 19.5 Å². The van der Waals surface area contributed by atoms with E-state index in [9.17, 15) is 0 Å². The number of ether oxygens (including phenoxy) is 1. The molecule has 0 amide bonds. The van der Waals surface area contributed by atoms with Gasteiger partial charge >= 0.3 is 0 Å². The molecule has 2 heterocycles. The average molecular weight is 281 g/mol. The average Bonchev–Trinajstić information content (AvgIpc) is 2.86. The van der Waals surface area contributed by atoms with Gasteiger partial charge in [0, 0.05) is 64.9 Å². The van der Waals surface area contributed by atoms with Crippen LogP contribution in [0, 0.1) is 0 Å². The van der Waals surface area contributed by atoms with Gasteiger partial charge in [-0.1, -0.05) is 0 Å². The maximum Gasteiger partial charge on any atom is 0.202 e. The van der Waals surface area contributed by atoms with Crippen molar-refractivity contribution in [3.8, 4) is 0 Å². The number of hydrogen-bond donors (Lipinski definition) is 1. The highest BCUT2D eigenvalue weighted by atomic mass is 16.5. The van der Waals surface area contributed by atoms with Gasteiger partial charge in [0.2, 0.25) is 5.95 Å². The molecular formula is C14H27N5O. The molecule has 1 aromatic heterocycles. The van der Waals surface area contributed by atoms with Crippen molar-refractivity contribution >= 4 is 5.95 Å². The number of anilines is 1. The fraction of sp³-hybridized carbons (Fsp3) is 0.786. The van der Waals surface area contributed by atoms with Crippen molar-refractivity contribution in [3.63, 3.8) is 0 Å². The van der Waals surface area contributed by atoms with Gasteiger partial charge in [-0.05, 0) is 20.5 Å². The lowest BCUT2D eigenvalue weighted by Crippen LogP contribution is -2.51. The molecule has 1 fully saturated rings. The van der Waals surface area contributed by atoms with E-state index in [1.54, 1.807) is 7.11 Å². The van der Waals surface area contributed by atoms with Crippen LogP contribution in [0.15, 0.2) is 12.4 Å². The number of piperazine rings is 1. The summed E-state index contributed by atoms with van der Waals surface area (Å²) in [6.07, 6.45) is 4.92. The summed E-state index contributed by atoms with van der Waals surface area (Å²) in [4.78, 5) is 9.24. The minimum atomic E-state index is 0.544. The molecule has 1 aliphatic heterocycles. The SMILES string of the molecule is COCCCNc1nccn1CC1CN(C)CCN1C. The zero-order chi connectivity index (χ0) is 14.4. The maximum absolute atomic E-state index is 5.06. The minimum Gasteiger partial charge on any atom is -0.385 e. The van der Waals surface area contributed by atoms with Gasteiger partial charge in [0.15, 0.2) is 0 Å². The van der Waals surface area contributed by atoms with Gasteiger partial charge in [0.1, 0.15) is 0 Å². The molecule has 6 nitrogen and oxygen atoms in total. The van der Waals surface area contributed by atoms with E-state index in [1.165, 1.54) is 0 Å². The fourth-order valence-corrected chi connectivity index (χ4v) is 2.57. The molecule has 0 bridgehead atoms. The van der Waals surface area contributed by atoms with E-state index in [4.69, 9.17) is 4.74 Å². The van der Waals surface area contributed by atoms with Gasteiger partial charge in [-0.15, -0.1) is 0 Å². The largest absolute Gasteiger partial charge is 0.385 e. The molecule has 1 unspecified atom stereocenters. The Balaban J connectivity index is 1.87. The summed E-state index contributed by atoms with van der Waals surface area (Å²) in [5, 5.41) is 3.38. The molecule has 1 saturated heterocycles. The zero-order valence-electron chi connectivity index (χ0n) is 12.9. The molecule has 6 heteroatoms. The Morgan fingerprint density at radius 3 is 3.05 bits per heavy atom. The molecule has 1 aromatic rings. The lowest BCUT2D eigenvalue weighted by atomic mass is 10.2. The lowest BCUT2D eigenvalue weighted by Gasteiger charge is -2.38. The van der Waals surface area contributed by atoms with Crippen LogP contribution in [0.4, 0.5) is 5.95 Å². The first kappa shape index (κ1) is 15.3. The van der Waals surface area contributed by atoms with Gasteiger partial charge in [0.25, 0.3) is 0 Å². The fourth-order valence-electron chi connectivity index (χ4n) is 2.57. The molecular weight excluding hydrogens is 254 g/mol. The number of likely N-dealkylation sites (N-methyl/N-ethyl adjacent to an activating group) is 2. The summed E-state index contributed by atoms with van der Waals surface area (Å²) in [6.45, 7) is 6.05. The first-order valence-electron chi connectivity index (χ1n) is 7.33. The van der Waals surface area contributed by atoms with E-state index in [0.717, 1.165) is 51.7 Å². The second kappa shape index (κ2) is 7.61. The van der Waals surface area contributed by atoms with E-state index in [2.05, 4.69) is 45.0 Å². The van der Waals surface area contributed by atoms with Crippen LogP contribution in [0.1, 0.15) is 6.42 Å². The molecule has 114 valence electrons. The highest BCUT2D eigenvalue weighted by Gasteiger charge is 2.22. The standard InChI is InChI=1S/C14H27N5O/c1-17-8-9-18(2)13(11-17)12-19-7-6-16-14(19)15-5-4-10-20-3/h6-7,13H,4-5,8-12H2,1-3H3,(H,15,16). The number of hydrogen-bond acceptors (Lipinski definition) is 5. The number of nitrogens with one attached hydrogen (secondary N) is 1. The predicted molar refractivity (Wildman–Crippen MR) is 81.1 cm³/mol. The Bertz CT molecular complexity index is 395. The maximum atomic E-state index is 5.06. The molecule has 1 atom stereocenters. The molecule has 0 radical (unpaired) electrons. The number of nitrogens with zero attached hydrogens (tertiary/aromatic N) is 4. The summed E-state index contributed by atoms with van der Waals surface area (Å²) in [5.74, 6) is 0.961. The van der Waals surface area contributed by atoms with E-state index in [0.29, 0.717) is 6.04 Å². The van der Waals surface area contributed by atoms with Crippen LogP contribution in [0.2, 0.25) is 0 Å². The van der Waals surface area contributed by atoms with E-state index in [1.807, 2.05) is 6.20 Å². The topological polar surface area (TPSA) is 45.6 Å². The Hall–Kier alpha value is -1.11. The van der Waals surface area contributed by atoms with Crippen molar-refractivity contribution in [1.29, 1.82) is 0 Å². The quantitative estimate of drug-likeness (QED) is 0.741. The lowest BCUT2D eigenvalue weighted by molar-refractivity contribution is 0.103. The van der Waals surface area contributed by atoms with Crippen molar-refractivity contribution in [1.82, 2.24) is 19.4 Å². The van der Waals surface area contributed by atoms with Gasteiger partial charge in [-0.25, -0.2) is 4.98 Å². The van der Waals surface area contributed by atoms with Crippen LogP contribution in [0.25, 0.3) is 0 Å². The first-order chi connectivity index (χ1) is 9.70. The second-order valence-corrected chi connectivity index (χ2v) is 5.57. The Morgan fingerprint density at radius 1 is 1.40 bits per heavy atom. The summed E-state index contributed by atoms with van der Waals surface area (Å²) in [5.41, 5.74) is 0. The smallest absolute Gasteiger partial charge is 0.202 e. The highest BCUT2D eigenvalue weighted by molar-refractivity contribution is 5.25. The van der Waals surface area contributed by atoms with E-state index >= 15 is 0 Å². The molecule has 0 saturated carbocycles. The molecule has 1 aliphatic rings. The second-order valence-electron chi connectivity index (χ2n) is 5.57. The summed E-state index contributed by atoms with van der Waals surface area (Å²) >= 11 is 0. The molecule has 0 spiro atoms. The van der Waals surface area contributed by atoms with Crippen LogP contribution in [0.3, 0.4) is 0 Å². The Kier molecular flexibility index (Phi) is 5.82. The van der Waals surface area contributed by atoms with Crippen LogP contribution < -0.4 is 5.32 Å². The van der Waals surface area contributed by atoms with Crippen LogP contribution >= 0.6 is 0 Å². The third-order valence-corrected chi connectivity index (χ3v) is 3.91. The van der Waals surface area contributed by atoms with E-state index < -0.39 is 0 Å². The van der Waals surface area contributed by atoms with Crippen molar-refractivity contribution in [2.45, 2.75) is 19.0 Å². The van der Waals surface area contributed by atoms with Crippen molar-refractivity contribution in [2.24, 2.45) is 0 Å². The summed E-state index contributed by atoms with van der Waals surface area (Å²) in [6, 6.07) is 0.544. The highest BCUT2D eigenvalue weighted by Crippen LogP contribution is 2.12. The third-order valence-electron chi connectivity index (χ3n) is 3.91. The molecule has 0 aromatic carbocycles. The van der Waals surface area contributed by atoms with Crippen LogP contribution in [-0.2, 0) is 11.3 Å². The van der Waals surface area contributed by atoms with Crippen molar-refractivity contribution in [3.05, 3.63) is 12.4 Å². The number of rotatable bonds is 7. The number of aromatic nitrogens is 2. The van der Waals surface area contributed by atoms with Crippen molar-refractivity contribution < 1.29 is 4.74 Å². The summed E-state index contributed by atoms with van der Waals surface area (Å²) < 4.78 is 7.27. The Labute approximate surface area is 121 Å². The predicted octanol–water partition coefficient (Wildman–Crippen LogP) is 0.577. The number of methoxy groups -OCH3 is 1. The molecule has 0 aliphatic carbocycles. The third kappa shape index (κ3) is 4.19. The van der Waals surface area contributed by atoms with Gasteiger partial charge in [0.05, 0.1) is 0 Å². The van der Waals surface area contributed by atoms with Gasteiger partial charge in [-0.2, -0.15) is 0 Å². The first-order valence-corrected chi connectivity index (χ1v) is 7.33. The van der Waals surface area contributed by atoms with E-state index in [-0.39, 0.29) is 0 Å². The summed E-state index contributed by atoms with van der Waals surface area (Å²) in [7, 11) is 6.13. The van der Waals surface area contributed by atoms with Crippen molar-refractivity contribution in [2.75, 3.05) is 59.3 Å². The molecule has 2 rings (SSSR count). The minimum absolute atomic E-state index is 0.544. The Morgan fingerprint density at radius 2 is 2.25 bits per heavy atom. The molecule has 20 heavy (non-hydrogen) atoms.